The summed E-state index contributed by atoms with van der Waals surface area (Å²) < 4.78 is 0. The summed E-state index contributed by atoms with van der Waals surface area (Å²) in [6.45, 7) is 4.35. The lowest BCUT2D eigenvalue weighted by molar-refractivity contribution is -0.138. The lowest BCUT2D eigenvalue weighted by Crippen LogP contribution is -2.56. The smallest absolute Gasteiger partial charge is 0.303 e. The Morgan fingerprint density at radius 2 is 0.778 bits per heavy atom. The highest BCUT2D eigenvalue weighted by Gasteiger charge is 2.28. The van der Waals surface area contributed by atoms with E-state index in [0.29, 0.717) is 6.42 Å². The molecule has 22 nitrogen and oxygen atoms in total. The van der Waals surface area contributed by atoms with E-state index in [4.69, 9.17) is 15.9 Å². The summed E-state index contributed by atoms with van der Waals surface area (Å²) in [5.74, 6) is -9.79. The number of carboxylic acids is 2. The molecule has 0 aliphatic rings. The van der Waals surface area contributed by atoms with Gasteiger partial charge in [-0.3, -0.25) is 52.7 Å². The fourth-order valence-corrected chi connectivity index (χ4v) is 5.97. The molecule has 358 valence electrons. The summed E-state index contributed by atoms with van der Waals surface area (Å²) in [5, 5.41) is 36.6. The molecule has 9 amide bonds. The minimum absolute atomic E-state index is 0.276. The van der Waals surface area contributed by atoms with Crippen LogP contribution in [0.3, 0.4) is 0 Å². The minimum Gasteiger partial charge on any atom is -0.481 e. The van der Waals surface area contributed by atoms with Crippen LogP contribution in [0.25, 0.3) is 0 Å². The van der Waals surface area contributed by atoms with E-state index in [2.05, 4.69) is 49.5 Å². The molecule has 0 bridgehead atoms. The van der Waals surface area contributed by atoms with Crippen molar-refractivity contribution < 1.29 is 63.0 Å². The first-order valence-corrected chi connectivity index (χ1v) is 21.8. The van der Waals surface area contributed by atoms with E-state index in [9.17, 15) is 52.7 Å². The van der Waals surface area contributed by atoms with Crippen molar-refractivity contribution in [3.8, 4) is 0 Å². The Morgan fingerprint density at radius 3 is 1.25 bits per heavy atom. The monoisotopic (exact) mass is 898 g/mol. The topological polar surface area (TPSA) is 350 Å². The molecule has 0 aliphatic carbocycles. The molecule has 0 saturated heterocycles. The normalized spacial score (nSPS) is 13.1. The standard InChI is InChI=1S/C41H71N9O13/c1-5-6-7-8-9-10-11-12-13-14-15-16-17-18-32(52)46-26(2)37(59)44-24-33(53)47-27(3)38(60)48-28(4)39(61)50-30(20-22-36(57)58)41(63)45-25-34(54)49-29(19-21-35(55)56)40(62)43-23-31(42)51/h26-30H,5-25H2,1-4H3,(H2,42,51)(H,43,62)(H,44,59)(H,45,63)(H,46,52)(H,47,53)(H,48,60)(H,49,54)(H,50,61)(H,55,56)(H,57,58)/t26-,27-,28-,29-,30-/m0/s1. The van der Waals surface area contributed by atoms with Gasteiger partial charge >= 0.3 is 11.9 Å². The molecule has 0 heterocycles. The SMILES string of the molecule is CCCCCCCCCCCCCCCC(=O)N[C@@H](C)C(=O)NCC(=O)N[C@@H](C)C(=O)N[C@@H](C)C(=O)N[C@@H](CCC(=O)O)C(=O)NCC(=O)N[C@@H](CCC(=O)O)C(=O)NCC(N)=O. The maximum atomic E-state index is 12.9. The number of rotatable bonds is 36. The Morgan fingerprint density at radius 1 is 0.413 bits per heavy atom. The summed E-state index contributed by atoms with van der Waals surface area (Å²) in [5.41, 5.74) is 4.99. The van der Waals surface area contributed by atoms with Gasteiger partial charge in [0.15, 0.2) is 0 Å². The zero-order chi connectivity index (χ0) is 47.7. The molecule has 0 spiro atoms. The summed E-state index contributed by atoms with van der Waals surface area (Å²) in [7, 11) is 0. The van der Waals surface area contributed by atoms with Crippen LogP contribution in [0.1, 0.15) is 143 Å². The second kappa shape index (κ2) is 33.8. The first kappa shape index (κ1) is 57.2. The molecule has 0 aromatic carbocycles. The molecule has 5 atom stereocenters. The van der Waals surface area contributed by atoms with Crippen molar-refractivity contribution in [1.82, 2.24) is 42.5 Å². The second-order valence-electron chi connectivity index (χ2n) is 15.5. The number of amides is 9. The van der Waals surface area contributed by atoms with Crippen LogP contribution in [-0.2, 0) is 52.7 Å². The van der Waals surface area contributed by atoms with Crippen LogP contribution in [0.4, 0.5) is 0 Å². The highest BCUT2D eigenvalue weighted by Crippen LogP contribution is 2.13. The van der Waals surface area contributed by atoms with Gasteiger partial charge in [0.1, 0.15) is 30.2 Å². The Bertz CT molecular complexity index is 1530. The molecule has 0 fully saturated rings. The van der Waals surface area contributed by atoms with Crippen LogP contribution in [0, 0.1) is 0 Å². The zero-order valence-electron chi connectivity index (χ0n) is 37.2. The molecule has 0 saturated carbocycles. The van der Waals surface area contributed by atoms with Crippen molar-refractivity contribution in [1.29, 1.82) is 0 Å². The van der Waals surface area contributed by atoms with Gasteiger partial charge in [-0.2, -0.15) is 0 Å². The number of hydrogen-bond acceptors (Lipinski definition) is 11. The average molecular weight is 898 g/mol. The van der Waals surface area contributed by atoms with Crippen LogP contribution < -0.4 is 48.3 Å². The van der Waals surface area contributed by atoms with E-state index < -0.39 is 128 Å². The molecule has 0 aromatic rings. The molecule has 12 N–H and O–H groups in total. The number of carbonyl (C=O) groups is 11. The van der Waals surface area contributed by atoms with Crippen LogP contribution in [0.5, 0.6) is 0 Å². The Kier molecular flexibility index (Phi) is 30.6. The molecule has 0 aromatic heterocycles. The van der Waals surface area contributed by atoms with E-state index in [0.717, 1.165) is 19.3 Å². The van der Waals surface area contributed by atoms with Gasteiger partial charge in [0.05, 0.1) is 19.6 Å². The third-order valence-electron chi connectivity index (χ3n) is 9.66. The minimum atomic E-state index is -1.52. The predicted molar refractivity (Wildman–Crippen MR) is 229 cm³/mol. The highest BCUT2D eigenvalue weighted by molar-refractivity contribution is 5.96. The molecule has 0 aliphatic heterocycles. The maximum Gasteiger partial charge on any atom is 0.303 e. The number of carboxylic acid groups (broad SMARTS) is 2. The Balaban J connectivity index is 4.78. The van der Waals surface area contributed by atoms with Gasteiger partial charge in [0.2, 0.25) is 53.2 Å². The highest BCUT2D eigenvalue weighted by atomic mass is 16.4. The third-order valence-corrected chi connectivity index (χ3v) is 9.66. The molecule has 0 radical (unpaired) electrons. The van der Waals surface area contributed by atoms with Crippen LogP contribution in [-0.4, -0.2) is 125 Å². The summed E-state index contributed by atoms with van der Waals surface area (Å²) in [4.78, 5) is 134. The largest absolute Gasteiger partial charge is 0.481 e. The molecular formula is C41H71N9O13. The van der Waals surface area contributed by atoms with Gasteiger partial charge in [-0.25, -0.2) is 0 Å². The zero-order valence-corrected chi connectivity index (χ0v) is 37.2. The lowest BCUT2D eigenvalue weighted by atomic mass is 10.0. The van der Waals surface area contributed by atoms with Gasteiger partial charge < -0.3 is 58.5 Å². The number of nitrogens with one attached hydrogen (secondary N) is 8. The van der Waals surface area contributed by atoms with E-state index in [-0.39, 0.29) is 18.7 Å². The van der Waals surface area contributed by atoms with E-state index in [1.165, 1.54) is 78.6 Å². The van der Waals surface area contributed by atoms with Crippen LogP contribution in [0.2, 0.25) is 0 Å². The van der Waals surface area contributed by atoms with Crippen molar-refractivity contribution in [3.05, 3.63) is 0 Å². The van der Waals surface area contributed by atoms with Gasteiger partial charge in [0, 0.05) is 19.3 Å². The number of hydrogen-bond donors (Lipinski definition) is 11. The van der Waals surface area contributed by atoms with Crippen LogP contribution in [0.15, 0.2) is 0 Å². The summed E-state index contributed by atoms with van der Waals surface area (Å²) in [6.07, 6.45) is 13.6. The van der Waals surface area contributed by atoms with E-state index >= 15 is 0 Å². The molecular weight excluding hydrogens is 827 g/mol. The third kappa shape index (κ3) is 30.0. The fourth-order valence-electron chi connectivity index (χ4n) is 5.97. The van der Waals surface area contributed by atoms with Gasteiger partial charge in [-0.1, -0.05) is 84.0 Å². The van der Waals surface area contributed by atoms with Gasteiger partial charge in [-0.15, -0.1) is 0 Å². The first-order chi connectivity index (χ1) is 29.8. The number of primary amides is 1. The van der Waals surface area contributed by atoms with Crippen molar-refractivity contribution in [2.45, 2.75) is 173 Å². The van der Waals surface area contributed by atoms with Crippen molar-refractivity contribution in [3.63, 3.8) is 0 Å². The molecule has 22 heteroatoms. The van der Waals surface area contributed by atoms with Gasteiger partial charge in [-0.05, 0) is 40.0 Å². The lowest BCUT2D eigenvalue weighted by Gasteiger charge is -2.22. The summed E-state index contributed by atoms with van der Waals surface area (Å²) in [6, 6.07) is -6.38. The van der Waals surface area contributed by atoms with Gasteiger partial charge in [0.25, 0.3) is 0 Å². The van der Waals surface area contributed by atoms with Crippen molar-refractivity contribution in [2.24, 2.45) is 5.73 Å². The number of nitrogens with two attached hydrogens (primary N) is 1. The Labute approximate surface area is 368 Å². The van der Waals surface area contributed by atoms with Crippen LogP contribution >= 0.6 is 0 Å². The number of unbranched alkanes of at least 4 members (excludes halogenated alkanes) is 12. The predicted octanol–water partition coefficient (Wildman–Crippen LogP) is -0.485. The van der Waals surface area contributed by atoms with Crippen molar-refractivity contribution >= 4 is 65.1 Å². The molecule has 0 unspecified atom stereocenters. The van der Waals surface area contributed by atoms with Crippen molar-refractivity contribution in [2.75, 3.05) is 19.6 Å². The van der Waals surface area contributed by atoms with E-state index in [1.54, 1.807) is 0 Å². The average Bonchev–Trinajstić information content (AvgIpc) is 3.22. The molecule has 63 heavy (non-hydrogen) atoms. The number of aliphatic carboxylic acids is 2. The second-order valence-corrected chi connectivity index (χ2v) is 15.5. The van der Waals surface area contributed by atoms with E-state index in [1.807, 2.05) is 0 Å². The maximum absolute atomic E-state index is 12.9. The Hall–Kier alpha value is -5.83. The first-order valence-electron chi connectivity index (χ1n) is 21.8. The quantitative estimate of drug-likeness (QED) is 0.0355. The number of carbonyl (C=O) groups excluding carboxylic acids is 9. The molecule has 0 rings (SSSR count). The summed E-state index contributed by atoms with van der Waals surface area (Å²) >= 11 is 0. The fraction of sp³-hybridized carbons (Fsp3) is 0.732.